The molecular formula is C8H17NO4. The molecule has 0 aliphatic carbocycles. The molecule has 0 radical (unpaired) electrons. The van der Waals surface area contributed by atoms with Crippen LogP contribution in [0.5, 0.6) is 0 Å². The van der Waals surface area contributed by atoms with E-state index in [4.69, 9.17) is 10.2 Å². The maximum atomic E-state index is 10.4. The monoisotopic (exact) mass is 191 g/mol. The molecule has 0 aromatic rings. The van der Waals surface area contributed by atoms with Gasteiger partial charge < -0.3 is 20.6 Å². The van der Waals surface area contributed by atoms with E-state index in [0.29, 0.717) is 13.0 Å². The van der Waals surface area contributed by atoms with Gasteiger partial charge in [0.1, 0.15) is 0 Å². The zero-order valence-electron chi connectivity index (χ0n) is 7.95. The highest BCUT2D eigenvalue weighted by molar-refractivity contribution is 5.76. The van der Waals surface area contributed by atoms with Gasteiger partial charge in [0.15, 0.2) is 5.60 Å². The Morgan fingerprint density at radius 3 is 2.54 bits per heavy atom. The Balaban J connectivity index is 3.70. The molecule has 0 saturated heterocycles. The molecule has 2 unspecified atom stereocenters. The van der Waals surface area contributed by atoms with Crippen LogP contribution in [0.1, 0.15) is 20.3 Å². The third-order valence-electron chi connectivity index (χ3n) is 1.78. The fraction of sp³-hybridized carbons (Fsp3) is 0.875. The Morgan fingerprint density at radius 1 is 1.62 bits per heavy atom. The van der Waals surface area contributed by atoms with Gasteiger partial charge in [-0.2, -0.15) is 0 Å². The Morgan fingerprint density at radius 2 is 2.15 bits per heavy atom. The normalized spacial score (nSPS) is 17.8. The fourth-order valence-corrected chi connectivity index (χ4v) is 0.702. The molecule has 13 heavy (non-hydrogen) atoms. The molecule has 0 fully saturated rings. The summed E-state index contributed by atoms with van der Waals surface area (Å²) in [5.41, 5.74) is -1.77. The highest BCUT2D eigenvalue weighted by Gasteiger charge is 2.29. The highest BCUT2D eigenvalue weighted by Crippen LogP contribution is 2.00. The summed E-state index contributed by atoms with van der Waals surface area (Å²) in [4.78, 5) is 10.4. The minimum absolute atomic E-state index is 0.0700. The predicted molar refractivity (Wildman–Crippen MR) is 47.4 cm³/mol. The first kappa shape index (κ1) is 12.3. The molecule has 0 spiro atoms. The van der Waals surface area contributed by atoms with Gasteiger partial charge in [-0.15, -0.1) is 0 Å². The minimum atomic E-state index is -1.77. The number of hydrogen-bond acceptors (Lipinski definition) is 4. The molecule has 4 N–H and O–H groups in total. The zero-order valence-corrected chi connectivity index (χ0v) is 7.95. The van der Waals surface area contributed by atoms with Crippen molar-refractivity contribution in [1.29, 1.82) is 0 Å². The molecule has 0 aliphatic heterocycles. The van der Waals surface area contributed by atoms with Crippen LogP contribution in [0.25, 0.3) is 0 Å². The smallest absolute Gasteiger partial charge is 0.336 e. The molecule has 0 rings (SSSR count). The summed E-state index contributed by atoms with van der Waals surface area (Å²) in [6.07, 6.45) is 0.104. The molecule has 0 amide bonds. The van der Waals surface area contributed by atoms with Crippen molar-refractivity contribution in [3.63, 3.8) is 0 Å². The number of carboxylic acid groups (broad SMARTS) is 1. The molecule has 0 bridgehead atoms. The Hall–Kier alpha value is -0.650. The molecule has 78 valence electrons. The maximum Gasteiger partial charge on any atom is 0.336 e. The lowest BCUT2D eigenvalue weighted by Crippen LogP contribution is -2.46. The highest BCUT2D eigenvalue weighted by atomic mass is 16.4. The van der Waals surface area contributed by atoms with E-state index in [0.717, 1.165) is 0 Å². The quantitative estimate of drug-likeness (QED) is 0.440. The van der Waals surface area contributed by atoms with Crippen molar-refractivity contribution in [2.45, 2.75) is 32.0 Å². The number of rotatable bonds is 6. The van der Waals surface area contributed by atoms with E-state index in [1.54, 1.807) is 0 Å². The molecule has 5 nitrogen and oxygen atoms in total. The van der Waals surface area contributed by atoms with Crippen molar-refractivity contribution in [1.82, 2.24) is 5.32 Å². The molecule has 5 heteroatoms. The number of aliphatic carboxylic acids is 1. The van der Waals surface area contributed by atoms with Crippen LogP contribution < -0.4 is 5.32 Å². The first-order valence-corrected chi connectivity index (χ1v) is 4.24. The summed E-state index contributed by atoms with van der Waals surface area (Å²) in [6.45, 7) is 3.25. The van der Waals surface area contributed by atoms with Crippen LogP contribution >= 0.6 is 0 Å². The number of carboxylic acids is 1. The average molecular weight is 191 g/mol. The van der Waals surface area contributed by atoms with Gasteiger partial charge in [0.2, 0.25) is 0 Å². The van der Waals surface area contributed by atoms with Crippen molar-refractivity contribution in [3.05, 3.63) is 0 Å². The molecular weight excluding hydrogens is 174 g/mol. The van der Waals surface area contributed by atoms with Gasteiger partial charge in [-0.05, 0) is 13.3 Å². The van der Waals surface area contributed by atoms with Gasteiger partial charge in [0.25, 0.3) is 0 Å². The van der Waals surface area contributed by atoms with E-state index in [-0.39, 0.29) is 6.54 Å². The molecule has 2 atom stereocenters. The largest absolute Gasteiger partial charge is 0.479 e. The Kier molecular flexibility index (Phi) is 4.90. The second-order valence-electron chi connectivity index (χ2n) is 3.27. The second kappa shape index (κ2) is 5.16. The summed E-state index contributed by atoms with van der Waals surface area (Å²) < 4.78 is 0. The van der Waals surface area contributed by atoms with Gasteiger partial charge in [-0.1, -0.05) is 6.92 Å². The number of carbonyl (C=O) groups is 1. The number of nitrogens with one attached hydrogen (secondary N) is 1. The van der Waals surface area contributed by atoms with E-state index in [1.165, 1.54) is 6.92 Å². The topological polar surface area (TPSA) is 89.8 Å². The van der Waals surface area contributed by atoms with Crippen LogP contribution in [-0.2, 0) is 4.79 Å². The summed E-state index contributed by atoms with van der Waals surface area (Å²) in [7, 11) is 0. The predicted octanol–water partition coefficient (Wildman–Crippen LogP) is -0.817. The third kappa shape index (κ3) is 4.82. The average Bonchev–Trinajstić information content (AvgIpc) is 2.03. The van der Waals surface area contributed by atoms with Gasteiger partial charge >= 0.3 is 5.97 Å². The zero-order chi connectivity index (χ0) is 10.5. The molecule has 0 saturated carbocycles. The van der Waals surface area contributed by atoms with Crippen LogP contribution in [0.4, 0.5) is 0 Å². The minimum Gasteiger partial charge on any atom is -0.479 e. The standard InChI is InChI=1S/C8H17NO4/c1-3-6(10)4-9-5-8(2,13)7(11)12/h6,9-10,13H,3-5H2,1-2H3,(H,11,12). The maximum absolute atomic E-state index is 10.4. The van der Waals surface area contributed by atoms with E-state index < -0.39 is 17.7 Å². The van der Waals surface area contributed by atoms with Crippen molar-refractivity contribution in [2.75, 3.05) is 13.1 Å². The van der Waals surface area contributed by atoms with Gasteiger partial charge in [0.05, 0.1) is 6.10 Å². The summed E-state index contributed by atoms with van der Waals surface area (Å²) in [6, 6.07) is 0. The lowest BCUT2D eigenvalue weighted by molar-refractivity contribution is -0.156. The molecule has 0 aliphatic rings. The third-order valence-corrected chi connectivity index (χ3v) is 1.78. The summed E-state index contributed by atoms with van der Waals surface area (Å²) in [5.74, 6) is -1.27. The Labute approximate surface area is 77.4 Å². The van der Waals surface area contributed by atoms with Crippen molar-refractivity contribution in [2.24, 2.45) is 0 Å². The number of aliphatic hydroxyl groups is 2. The summed E-state index contributed by atoms with van der Waals surface area (Å²) in [5, 5.41) is 29.5. The van der Waals surface area contributed by atoms with Crippen LogP contribution in [0.15, 0.2) is 0 Å². The lowest BCUT2D eigenvalue weighted by atomic mass is 10.1. The van der Waals surface area contributed by atoms with Crippen LogP contribution in [0.2, 0.25) is 0 Å². The molecule has 0 aromatic heterocycles. The van der Waals surface area contributed by atoms with E-state index >= 15 is 0 Å². The first-order valence-electron chi connectivity index (χ1n) is 4.24. The van der Waals surface area contributed by atoms with Crippen molar-refractivity contribution >= 4 is 5.97 Å². The van der Waals surface area contributed by atoms with Crippen LogP contribution in [0.3, 0.4) is 0 Å². The van der Waals surface area contributed by atoms with E-state index in [1.807, 2.05) is 6.92 Å². The van der Waals surface area contributed by atoms with Gasteiger partial charge in [-0.25, -0.2) is 4.79 Å². The van der Waals surface area contributed by atoms with E-state index in [9.17, 15) is 9.90 Å². The first-order chi connectivity index (χ1) is 5.90. The van der Waals surface area contributed by atoms with Gasteiger partial charge in [-0.3, -0.25) is 0 Å². The van der Waals surface area contributed by atoms with Crippen LogP contribution in [0, 0.1) is 0 Å². The summed E-state index contributed by atoms with van der Waals surface area (Å²) >= 11 is 0. The molecule has 0 heterocycles. The fourth-order valence-electron chi connectivity index (χ4n) is 0.702. The van der Waals surface area contributed by atoms with Crippen LogP contribution in [-0.4, -0.2) is 46.1 Å². The number of hydrogen-bond donors (Lipinski definition) is 4. The second-order valence-corrected chi connectivity index (χ2v) is 3.27. The lowest BCUT2D eigenvalue weighted by Gasteiger charge is -2.19. The van der Waals surface area contributed by atoms with Crippen molar-refractivity contribution < 1.29 is 20.1 Å². The number of aliphatic hydroxyl groups excluding tert-OH is 1. The SMILES string of the molecule is CCC(O)CNCC(C)(O)C(=O)O. The van der Waals surface area contributed by atoms with E-state index in [2.05, 4.69) is 5.32 Å². The van der Waals surface area contributed by atoms with Crippen molar-refractivity contribution in [3.8, 4) is 0 Å². The molecule has 0 aromatic carbocycles. The van der Waals surface area contributed by atoms with Gasteiger partial charge in [0, 0.05) is 13.1 Å². The Bertz CT molecular complexity index is 170.